The topological polar surface area (TPSA) is 66.0 Å². The first kappa shape index (κ1) is 21.1. The van der Waals surface area contributed by atoms with Gasteiger partial charge in [-0.3, -0.25) is 9.79 Å². The number of nitrogens with one attached hydrogen (secondary N) is 2. The molecule has 7 heteroatoms. The fraction of sp³-hybridized carbons (Fsp3) is 0.882. The summed E-state index contributed by atoms with van der Waals surface area (Å²) in [5.74, 6) is 0.780. The van der Waals surface area contributed by atoms with Crippen molar-refractivity contribution in [3.8, 4) is 0 Å². The molecule has 1 amide bonds. The summed E-state index contributed by atoms with van der Waals surface area (Å²) in [5.41, 5.74) is -0.224. The molecule has 1 aliphatic rings. The van der Waals surface area contributed by atoms with Crippen LogP contribution in [0.15, 0.2) is 4.99 Å². The molecule has 1 heterocycles. The average molecular weight is 359 g/mol. The van der Waals surface area contributed by atoms with E-state index in [1.54, 1.807) is 0 Å². The largest absolute Gasteiger partial charge is 0.381 e. The van der Waals surface area contributed by atoms with Crippen LogP contribution in [0.5, 0.6) is 0 Å². The fourth-order valence-electron chi connectivity index (χ4n) is 2.61. The first-order valence-corrected chi connectivity index (χ1v) is 9.87. The fourth-order valence-corrected chi connectivity index (χ4v) is 3.38. The van der Waals surface area contributed by atoms with Gasteiger partial charge in [0.2, 0.25) is 5.91 Å². The number of likely N-dealkylation sites (N-methyl/N-ethyl adjacent to an activating group) is 1. The maximum Gasteiger partial charge on any atom is 0.240 e. The average Bonchev–Trinajstić information content (AvgIpc) is 2.50. The van der Waals surface area contributed by atoms with Gasteiger partial charge in [0.15, 0.2) is 5.96 Å². The molecule has 0 aromatic rings. The van der Waals surface area contributed by atoms with Crippen molar-refractivity contribution in [2.75, 3.05) is 46.2 Å². The summed E-state index contributed by atoms with van der Waals surface area (Å²) in [6.45, 7) is 11.4. The monoisotopic (exact) mass is 358 g/mol. The van der Waals surface area contributed by atoms with Crippen LogP contribution >= 0.6 is 11.8 Å². The molecule has 0 unspecified atom stereocenters. The SMILES string of the molecule is CCNC(=NCC1(SC)CCOCC1)N(C)CC(=O)NC(C)(C)C. The minimum Gasteiger partial charge on any atom is -0.381 e. The number of thioether (sulfide) groups is 1. The zero-order valence-electron chi connectivity index (χ0n) is 16.1. The van der Waals surface area contributed by atoms with Crippen molar-refractivity contribution in [3.63, 3.8) is 0 Å². The predicted molar refractivity (Wildman–Crippen MR) is 103 cm³/mol. The molecule has 6 nitrogen and oxygen atoms in total. The lowest BCUT2D eigenvalue weighted by Crippen LogP contribution is -2.49. The Hall–Kier alpha value is -0.950. The van der Waals surface area contributed by atoms with Gasteiger partial charge in [0.05, 0.1) is 13.1 Å². The summed E-state index contributed by atoms with van der Waals surface area (Å²) in [5, 5.41) is 6.27. The van der Waals surface area contributed by atoms with Gasteiger partial charge in [0.1, 0.15) is 0 Å². The van der Waals surface area contributed by atoms with Gasteiger partial charge in [0, 0.05) is 37.1 Å². The Morgan fingerprint density at radius 2 is 1.96 bits per heavy atom. The van der Waals surface area contributed by atoms with Gasteiger partial charge in [-0.05, 0) is 46.8 Å². The number of guanidine groups is 1. The highest BCUT2D eigenvalue weighted by atomic mass is 32.2. The minimum atomic E-state index is -0.224. The van der Waals surface area contributed by atoms with E-state index in [-0.39, 0.29) is 16.2 Å². The Morgan fingerprint density at radius 3 is 2.46 bits per heavy atom. The van der Waals surface area contributed by atoms with E-state index < -0.39 is 0 Å². The second-order valence-corrected chi connectivity index (χ2v) is 8.60. The van der Waals surface area contributed by atoms with Crippen molar-refractivity contribution < 1.29 is 9.53 Å². The Morgan fingerprint density at radius 1 is 1.33 bits per heavy atom. The first-order chi connectivity index (χ1) is 11.2. The molecule has 0 saturated carbocycles. The maximum atomic E-state index is 12.1. The standard InChI is InChI=1S/C17H34N4O2S/c1-7-18-15(21(5)12-14(22)20-16(2,3)4)19-13-17(24-6)8-10-23-11-9-17/h7-13H2,1-6H3,(H,18,19)(H,20,22). The molecule has 1 aliphatic heterocycles. The lowest BCUT2D eigenvalue weighted by molar-refractivity contribution is -0.122. The zero-order chi connectivity index (χ0) is 18.2. The Kier molecular flexibility index (Phi) is 8.36. The number of carbonyl (C=O) groups is 1. The van der Waals surface area contributed by atoms with Crippen molar-refractivity contribution in [1.29, 1.82) is 0 Å². The van der Waals surface area contributed by atoms with Crippen molar-refractivity contribution in [2.24, 2.45) is 4.99 Å². The second-order valence-electron chi connectivity index (χ2n) is 7.32. The smallest absolute Gasteiger partial charge is 0.240 e. The third-order valence-electron chi connectivity index (χ3n) is 3.95. The molecule has 0 aromatic carbocycles. The van der Waals surface area contributed by atoms with Gasteiger partial charge in [0.25, 0.3) is 0 Å². The van der Waals surface area contributed by atoms with E-state index in [0.29, 0.717) is 6.54 Å². The van der Waals surface area contributed by atoms with Crippen molar-refractivity contribution in [3.05, 3.63) is 0 Å². The van der Waals surface area contributed by atoms with Crippen LogP contribution in [0.4, 0.5) is 0 Å². The van der Waals surface area contributed by atoms with Crippen LogP contribution in [-0.4, -0.2) is 73.2 Å². The highest BCUT2D eigenvalue weighted by Gasteiger charge is 2.31. The van der Waals surface area contributed by atoms with E-state index in [9.17, 15) is 4.79 Å². The van der Waals surface area contributed by atoms with Gasteiger partial charge in [-0.1, -0.05) is 0 Å². The van der Waals surface area contributed by atoms with Crippen LogP contribution < -0.4 is 10.6 Å². The van der Waals surface area contributed by atoms with E-state index >= 15 is 0 Å². The summed E-state index contributed by atoms with van der Waals surface area (Å²) >= 11 is 1.87. The number of amides is 1. The third-order valence-corrected chi connectivity index (χ3v) is 5.35. The summed E-state index contributed by atoms with van der Waals surface area (Å²) < 4.78 is 5.63. The summed E-state index contributed by atoms with van der Waals surface area (Å²) in [6, 6.07) is 0. The van der Waals surface area contributed by atoms with Gasteiger partial charge in [-0.15, -0.1) is 0 Å². The van der Waals surface area contributed by atoms with Crippen molar-refractivity contribution >= 4 is 23.6 Å². The number of aliphatic imine (C=N–C) groups is 1. The van der Waals surface area contributed by atoms with Gasteiger partial charge in [-0.25, -0.2) is 0 Å². The number of hydrogen-bond acceptors (Lipinski definition) is 4. The van der Waals surface area contributed by atoms with Gasteiger partial charge < -0.3 is 20.3 Å². The molecule has 1 fully saturated rings. The summed E-state index contributed by atoms with van der Waals surface area (Å²) in [7, 11) is 1.90. The molecule has 0 radical (unpaired) electrons. The zero-order valence-corrected chi connectivity index (χ0v) is 16.9. The van der Waals surface area contributed by atoms with Crippen LogP contribution in [0.1, 0.15) is 40.5 Å². The maximum absolute atomic E-state index is 12.1. The lowest BCUT2D eigenvalue weighted by Gasteiger charge is -2.34. The molecule has 0 atom stereocenters. The molecule has 1 rings (SSSR count). The minimum absolute atomic E-state index is 0.00116. The highest BCUT2D eigenvalue weighted by molar-refractivity contribution is 8.00. The molecule has 0 aliphatic carbocycles. The number of nitrogens with zero attached hydrogens (tertiary/aromatic N) is 2. The Labute approximate surface area is 151 Å². The lowest BCUT2D eigenvalue weighted by atomic mass is 9.99. The van der Waals surface area contributed by atoms with Crippen LogP contribution in [0.3, 0.4) is 0 Å². The van der Waals surface area contributed by atoms with Crippen LogP contribution in [0.2, 0.25) is 0 Å². The molecular formula is C17H34N4O2S. The van der Waals surface area contributed by atoms with E-state index in [1.807, 2.05) is 51.4 Å². The number of carbonyl (C=O) groups excluding carboxylic acids is 1. The first-order valence-electron chi connectivity index (χ1n) is 8.65. The molecule has 2 N–H and O–H groups in total. The van der Waals surface area contributed by atoms with Gasteiger partial charge in [-0.2, -0.15) is 11.8 Å². The van der Waals surface area contributed by atoms with E-state index in [1.165, 1.54) is 0 Å². The van der Waals surface area contributed by atoms with E-state index in [4.69, 9.17) is 9.73 Å². The number of rotatable bonds is 6. The van der Waals surface area contributed by atoms with E-state index in [2.05, 4.69) is 16.9 Å². The molecule has 0 bridgehead atoms. The predicted octanol–water partition coefficient (Wildman–Crippen LogP) is 1.71. The van der Waals surface area contributed by atoms with Crippen LogP contribution in [-0.2, 0) is 9.53 Å². The molecular weight excluding hydrogens is 324 g/mol. The van der Waals surface area contributed by atoms with Gasteiger partial charge >= 0.3 is 0 Å². The Bertz CT molecular complexity index is 429. The number of hydrogen-bond donors (Lipinski definition) is 2. The summed E-state index contributed by atoms with van der Waals surface area (Å²) in [6.07, 6.45) is 4.19. The molecule has 0 aromatic heterocycles. The molecule has 0 spiro atoms. The number of ether oxygens (including phenoxy) is 1. The van der Waals surface area contributed by atoms with E-state index in [0.717, 1.165) is 45.1 Å². The van der Waals surface area contributed by atoms with Crippen molar-refractivity contribution in [1.82, 2.24) is 15.5 Å². The molecule has 140 valence electrons. The van der Waals surface area contributed by atoms with Crippen molar-refractivity contribution in [2.45, 2.75) is 50.8 Å². The molecule has 24 heavy (non-hydrogen) atoms. The normalized spacial score (nSPS) is 18.2. The quantitative estimate of drug-likeness (QED) is 0.559. The molecule has 1 saturated heterocycles. The summed E-state index contributed by atoms with van der Waals surface area (Å²) in [4.78, 5) is 18.8. The second kappa shape index (κ2) is 9.51. The van der Waals surface area contributed by atoms with Crippen LogP contribution in [0.25, 0.3) is 0 Å². The Balaban J connectivity index is 2.71. The van der Waals surface area contributed by atoms with Crippen LogP contribution in [0, 0.1) is 0 Å². The third kappa shape index (κ3) is 7.30. The highest BCUT2D eigenvalue weighted by Crippen LogP contribution is 2.34.